The third-order valence-corrected chi connectivity index (χ3v) is 5.69. The van der Waals surface area contributed by atoms with E-state index < -0.39 is 0 Å². The molecule has 1 aromatic carbocycles. The number of amides is 1. The van der Waals surface area contributed by atoms with Crippen LogP contribution < -0.4 is 10.2 Å². The van der Waals surface area contributed by atoms with Gasteiger partial charge in [0, 0.05) is 31.2 Å². The Labute approximate surface area is 152 Å². The second kappa shape index (κ2) is 7.55. The molecule has 1 aromatic heterocycles. The Hall–Kier alpha value is -1.56. The van der Waals surface area contributed by atoms with Crippen molar-refractivity contribution < 1.29 is 4.79 Å². The van der Waals surface area contributed by atoms with Crippen LogP contribution in [0.15, 0.2) is 29.6 Å². The molecule has 0 spiro atoms. The Morgan fingerprint density at radius 2 is 2.00 bits per heavy atom. The van der Waals surface area contributed by atoms with Gasteiger partial charge in [-0.2, -0.15) is 0 Å². The van der Waals surface area contributed by atoms with E-state index in [0.29, 0.717) is 5.02 Å². The predicted octanol–water partition coefficient (Wildman–Crippen LogP) is 4.10. The normalized spacial score (nSPS) is 15.5. The summed E-state index contributed by atoms with van der Waals surface area (Å²) in [5.41, 5.74) is 2.82. The standard InChI is InChI=1S/C18H22ClN3OS/c1-3-21-7-9-22(10-8-21)16-5-4-14(19)12-15(16)20-18(23)17-13(2)6-11-24-17/h4-6,11-12H,3,7-10H2,1-2H3,(H,20,23). The summed E-state index contributed by atoms with van der Waals surface area (Å²) in [5, 5.41) is 5.62. The highest BCUT2D eigenvalue weighted by Crippen LogP contribution is 2.31. The van der Waals surface area contributed by atoms with Crippen molar-refractivity contribution in [3.05, 3.63) is 45.1 Å². The van der Waals surface area contributed by atoms with Gasteiger partial charge in [-0.3, -0.25) is 4.79 Å². The number of piperazine rings is 1. The highest BCUT2D eigenvalue weighted by Gasteiger charge is 2.20. The van der Waals surface area contributed by atoms with Crippen LogP contribution in [0, 0.1) is 6.92 Å². The van der Waals surface area contributed by atoms with Crippen molar-refractivity contribution in [1.82, 2.24) is 4.90 Å². The minimum atomic E-state index is -0.0711. The van der Waals surface area contributed by atoms with E-state index >= 15 is 0 Å². The van der Waals surface area contributed by atoms with Crippen molar-refractivity contribution >= 4 is 40.2 Å². The van der Waals surface area contributed by atoms with Crippen LogP contribution in [0.3, 0.4) is 0 Å². The van der Waals surface area contributed by atoms with Crippen molar-refractivity contribution in [2.24, 2.45) is 0 Å². The van der Waals surface area contributed by atoms with Crippen LogP contribution >= 0.6 is 22.9 Å². The summed E-state index contributed by atoms with van der Waals surface area (Å²) in [4.78, 5) is 18.1. The van der Waals surface area contributed by atoms with Gasteiger partial charge < -0.3 is 15.1 Å². The number of nitrogens with zero attached hydrogens (tertiary/aromatic N) is 2. The molecule has 1 N–H and O–H groups in total. The van der Waals surface area contributed by atoms with Crippen LogP contribution in [0.1, 0.15) is 22.2 Å². The topological polar surface area (TPSA) is 35.6 Å². The number of likely N-dealkylation sites (N-methyl/N-ethyl adjacent to an activating group) is 1. The molecule has 2 heterocycles. The Bertz CT molecular complexity index is 723. The van der Waals surface area contributed by atoms with Gasteiger partial charge in [0.25, 0.3) is 5.91 Å². The first-order valence-corrected chi connectivity index (χ1v) is 9.46. The number of anilines is 2. The minimum absolute atomic E-state index is 0.0711. The molecular formula is C18H22ClN3OS. The summed E-state index contributed by atoms with van der Waals surface area (Å²) in [6.45, 7) is 9.21. The lowest BCUT2D eigenvalue weighted by atomic mass is 10.2. The van der Waals surface area contributed by atoms with E-state index in [1.165, 1.54) is 11.3 Å². The average Bonchev–Trinajstić information content (AvgIpc) is 3.01. The maximum atomic E-state index is 12.6. The van der Waals surface area contributed by atoms with Crippen molar-refractivity contribution in [3.63, 3.8) is 0 Å². The molecule has 0 saturated carbocycles. The lowest BCUT2D eigenvalue weighted by Crippen LogP contribution is -2.46. The lowest BCUT2D eigenvalue weighted by molar-refractivity contribution is 0.103. The number of hydrogen-bond donors (Lipinski definition) is 1. The molecule has 2 aromatic rings. The SMILES string of the molecule is CCN1CCN(c2ccc(Cl)cc2NC(=O)c2sccc2C)CC1. The molecule has 1 saturated heterocycles. The first-order chi connectivity index (χ1) is 11.6. The molecule has 6 heteroatoms. The molecule has 24 heavy (non-hydrogen) atoms. The van der Waals surface area contributed by atoms with Crippen molar-refractivity contribution in [2.75, 3.05) is 42.9 Å². The summed E-state index contributed by atoms with van der Waals surface area (Å²) in [6.07, 6.45) is 0. The van der Waals surface area contributed by atoms with Gasteiger partial charge in [0.05, 0.1) is 16.3 Å². The Morgan fingerprint density at radius 3 is 2.62 bits per heavy atom. The van der Waals surface area contributed by atoms with Crippen LogP contribution in [0.25, 0.3) is 0 Å². The van der Waals surface area contributed by atoms with Gasteiger partial charge in [0.2, 0.25) is 0 Å². The van der Waals surface area contributed by atoms with Gasteiger partial charge in [0.15, 0.2) is 0 Å². The lowest BCUT2D eigenvalue weighted by Gasteiger charge is -2.36. The van der Waals surface area contributed by atoms with Gasteiger partial charge in [-0.1, -0.05) is 18.5 Å². The molecule has 0 radical (unpaired) electrons. The van der Waals surface area contributed by atoms with Gasteiger partial charge in [-0.15, -0.1) is 11.3 Å². The number of thiophene rings is 1. The molecular weight excluding hydrogens is 342 g/mol. The monoisotopic (exact) mass is 363 g/mol. The number of carbonyl (C=O) groups excluding carboxylic acids is 1. The molecule has 1 amide bonds. The van der Waals surface area contributed by atoms with E-state index in [1.54, 1.807) is 0 Å². The zero-order chi connectivity index (χ0) is 17.1. The number of carbonyl (C=O) groups is 1. The summed E-state index contributed by atoms with van der Waals surface area (Å²) < 4.78 is 0. The van der Waals surface area contributed by atoms with Gasteiger partial charge in [0.1, 0.15) is 0 Å². The summed E-state index contributed by atoms with van der Waals surface area (Å²) in [6, 6.07) is 7.68. The van der Waals surface area contributed by atoms with E-state index in [0.717, 1.165) is 54.5 Å². The maximum absolute atomic E-state index is 12.6. The molecule has 1 aliphatic heterocycles. The van der Waals surface area contributed by atoms with E-state index in [4.69, 9.17) is 11.6 Å². The Kier molecular flexibility index (Phi) is 5.43. The van der Waals surface area contributed by atoms with Crippen LogP contribution in [0.4, 0.5) is 11.4 Å². The van der Waals surface area contributed by atoms with E-state index in [9.17, 15) is 4.79 Å². The van der Waals surface area contributed by atoms with Crippen molar-refractivity contribution in [1.29, 1.82) is 0 Å². The van der Waals surface area contributed by atoms with Crippen molar-refractivity contribution in [2.45, 2.75) is 13.8 Å². The third-order valence-electron chi connectivity index (χ3n) is 4.44. The van der Waals surface area contributed by atoms with Crippen LogP contribution in [-0.4, -0.2) is 43.5 Å². The maximum Gasteiger partial charge on any atom is 0.266 e. The molecule has 0 aliphatic carbocycles. The summed E-state index contributed by atoms with van der Waals surface area (Å²) >= 11 is 7.63. The van der Waals surface area contributed by atoms with E-state index in [-0.39, 0.29) is 5.91 Å². The smallest absolute Gasteiger partial charge is 0.266 e. The number of aryl methyl sites for hydroxylation is 1. The van der Waals surface area contributed by atoms with Gasteiger partial charge >= 0.3 is 0 Å². The Balaban J connectivity index is 1.81. The number of rotatable bonds is 4. The first kappa shape index (κ1) is 17.3. The van der Waals surface area contributed by atoms with Gasteiger partial charge in [-0.25, -0.2) is 0 Å². The van der Waals surface area contributed by atoms with E-state index in [2.05, 4.69) is 22.0 Å². The van der Waals surface area contributed by atoms with Gasteiger partial charge in [-0.05, 0) is 48.7 Å². The fraction of sp³-hybridized carbons (Fsp3) is 0.389. The van der Waals surface area contributed by atoms with Crippen LogP contribution in [0.5, 0.6) is 0 Å². The van der Waals surface area contributed by atoms with Crippen LogP contribution in [0.2, 0.25) is 5.02 Å². The number of halogens is 1. The predicted molar refractivity (Wildman–Crippen MR) is 103 cm³/mol. The molecule has 4 nitrogen and oxygen atoms in total. The number of benzene rings is 1. The highest BCUT2D eigenvalue weighted by molar-refractivity contribution is 7.12. The molecule has 1 fully saturated rings. The zero-order valence-corrected chi connectivity index (χ0v) is 15.6. The fourth-order valence-corrected chi connectivity index (χ4v) is 3.97. The molecule has 0 bridgehead atoms. The average molecular weight is 364 g/mol. The molecule has 0 atom stereocenters. The number of nitrogens with one attached hydrogen (secondary N) is 1. The summed E-state index contributed by atoms with van der Waals surface area (Å²) in [7, 11) is 0. The molecule has 0 unspecified atom stereocenters. The summed E-state index contributed by atoms with van der Waals surface area (Å²) in [5.74, 6) is -0.0711. The van der Waals surface area contributed by atoms with Crippen LogP contribution in [-0.2, 0) is 0 Å². The number of hydrogen-bond acceptors (Lipinski definition) is 4. The van der Waals surface area contributed by atoms with Crippen molar-refractivity contribution in [3.8, 4) is 0 Å². The first-order valence-electron chi connectivity index (χ1n) is 8.20. The zero-order valence-electron chi connectivity index (χ0n) is 14.0. The second-order valence-electron chi connectivity index (χ2n) is 5.97. The molecule has 3 rings (SSSR count). The molecule has 1 aliphatic rings. The highest BCUT2D eigenvalue weighted by atomic mass is 35.5. The largest absolute Gasteiger partial charge is 0.367 e. The molecule has 128 valence electrons. The fourth-order valence-electron chi connectivity index (χ4n) is 2.97. The second-order valence-corrected chi connectivity index (χ2v) is 7.32. The Morgan fingerprint density at radius 1 is 1.25 bits per heavy atom. The third kappa shape index (κ3) is 3.74. The quantitative estimate of drug-likeness (QED) is 0.888. The minimum Gasteiger partial charge on any atom is -0.367 e. The van der Waals surface area contributed by atoms with E-state index in [1.807, 2.05) is 36.6 Å².